The van der Waals surface area contributed by atoms with E-state index in [1.54, 1.807) is 18.2 Å². The minimum atomic E-state index is -0.217. The van der Waals surface area contributed by atoms with E-state index in [4.69, 9.17) is 4.74 Å². The highest BCUT2D eigenvalue weighted by atomic mass is 16.6. The number of ether oxygens (including phenoxy) is 1. The Balaban J connectivity index is 1.32. The molecule has 0 radical (unpaired) electrons. The van der Waals surface area contributed by atoms with Crippen LogP contribution in [0.3, 0.4) is 0 Å². The number of aromatic amines is 1. The summed E-state index contributed by atoms with van der Waals surface area (Å²) >= 11 is 0. The van der Waals surface area contributed by atoms with Crippen molar-refractivity contribution in [2.24, 2.45) is 5.92 Å². The maximum atomic E-state index is 12.1. The number of nitrogens with one attached hydrogen (secondary N) is 1. The van der Waals surface area contributed by atoms with Crippen LogP contribution in [-0.4, -0.2) is 63.3 Å². The van der Waals surface area contributed by atoms with E-state index in [0.717, 1.165) is 42.5 Å². The van der Waals surface area contributed by atoms with Gasteiger partial charge in [-0.05, 0) is 55.6 Å². The maximum absolute atomic E-state index is 12.1. The molecule has 2 aliphatic heterocycles. The first kappa shape index (κ1) is 20.3. The fraction of sp³-hybridized carbons (Fsp3) is 0.375. The van der Waals surface area contributed by atoms with Crippen LogP contribution in [0.1, 0.15) is 24.5 Å². The zero-order valence-corrected chi connectivity index (χ0v) is 17.9. The van der Waals surface area contributed by atoms with E-state index < -0.39 is 0 Å². The lowest BCUT2D eigenvalue weighted by molar-refractivity contribution is 0.110. The second kappa shape index (κ2) is 8.17. The summed E-state index contributed by atoms with van der Waals surface area (Å²) in [6.45, 7) is 5.48. The lowest BCUT2D eigenvalue weighted by Gasteiger charge is -2.24. The average molecular weight is 431 g/mol. The van der Waals surface area contributed by atoms with Crippen LogP contribution < -0.4 is 0 Å². The van der Waals surface area contributed by atoms with Gasteiger partial charge in [0.2, 0.25) is 0 Å². The van der Waals surface area contributed by atoms with E-state index in [1.165, 1.54) is 0 Å². The number of nitrogens with zero attached hydrogens (tertiary/aromatic N) is 4. The van der Waals surface area contributed by atoms with Crippen LogP contribution in [0.4, 0.5) is 4.79 Å². The summed E-state index contributed by atoms with van der Waals surface area (Å²) in [6.07, 6.45) is 2.70. The fourth-order valence-electron chi connectivity index (χ4n) is 5.02. The largest absolute Gasteiger partial charge is 0.494 e. The number of carbonyl (C=O) groups is 1. The minimum absolute atomic E-state index is 0.0442. The third-order valence-electron chi connectivity index (χ3n) is 6.56. The Bertz CT molecular complexity index is 1200. The summed E-state index contributed by atoms with van der Waals surface area (Å²) in [4.78, 5) is 23.9. The van der Waals surface area contributed by atoms with Gasteiger partial charge in [0.05, 0.1) is 29.5 Å². The highest BCUT2D eigenvalue weighted by Gasteiger charge is 2.43. The number of likely N-dealkylation sites (tertiary alicyclic amines) is 2. The van der Waals surface area contributed by atoms with Crippen molar-refractivity contribution in [3.63, 3.8) is 0 Å². The standard InChI is InChI=1S/C24H25N5O3/c1-2-32-24(31)29-13-17-7-8-28(21(17)14-29)12-16-4-6-20(26-11-16)22-18-9-15(10-25)3-5-19(18)27-23(22)30/h3-6,9,11,17,21,27,30H,2,7-8,12-14H2,1H3. The van der Waals surface area contributed by atoms with Gasteiger partial charge in [0.1, 0.15) is 0 Å². The van der Waals surface area contributed by atoms with Crippen LogP contribution in [0.5, 0.6) is 5.88 Å². The number of fused-ring (bicyclic) bond motifs is 2. The molecule has 8 heteroatoms. The smallest absolute Gasteiger partial charge is 0.409 e. The summed E-state index contributed by atoms with van der Waals surface area (Å²) in [5.74, 6) is 0.534. The number of pyridine rings is 1. The summed E-state index contributed by atoms with van der Waals surface area (Å²) in [6, 6.07) is 11.7. The molecule has 0 saturated carbocycles. The monoisotopic (exact) mass is 431 g/mol. The van der Waals surface area contributed by atoms with Crippen molar-refractivity contribution in [2.75, 3.05) is 26.2 Å². The van der Waals surface area contributed by atoms with Crippen molar-refractivity contribution in [1.29, 1.82) is 5.26 Å². The van der Waals surface area contributed by atoms with E-state index in [0.29, 0.717) is 41.9 Å². The Morgan fingerprint density at radius 2 is 2.22 bits per heavy atom. The van der Waals surface area contributed by atoms with Crippen LogP contribution in [0.25, 0.3) is 22.2 Å². The Kier molecular flexibility index (Phi) is 5.19. The SMILES string of the molecule is CCOC(=O)N1CC2CCN(Cc3ccc(-c4c(O)[nH]c5ccc(C#N)cc45)nc3)C2C1. The Morgan fingerprint density at radius 3 is 2.97 bits per heavy atom. The van der Waals surface area contributed by atoms with E-state index in [-0.39, 0.29) is 12.0 Å². The van der Waals surface area contributed by atoms with Crippen LogP contribution in [0.2, 0.25) is 0 Å². The molecule has 2 N–H and O–H groups in total. The van der Waals surface area contributed by atoms with Gasteiger partial charge < -0.3 is 19.7 Å². The lowest BCUT2D eigenvalue weighted by atomic mass is 10.0. The quantitative estimate of drug-likeness (QED) is 0.655. The van der Waals surface area contributed by atoms with Gasteiger partial charge in [0, 0.05) is 42.8 Å². The third kappa shape index (κ3) is 3.55. The van der Waals surface area contributed by atoms with E-state index >= 15 is 0 Å². The van der Waals surface area contributed by atoms with Gasteiger partial charge in [-0.2, -0.15) is 5.26 Å². The molecule has 2 aromatic heterocycles. The van der Waals surface area contributed by atoms with Crippen LogP contribution in [-0.2, 0) is 11.3 Å². The summed E-state index contributed by atoms with van der Waals surface area (Å²) in [7, 11) is 0. The van der Waals surface area contributed by atoms with E-state index in [1.807, 2.05) is 30.2 Å². The number of aromatic hydroxyl groups is 1. The van der Waals surface area contributed by atoms with E-state index in [2.05, 4.69) is 20.9 Å². The number of carbonyl (C=O) groups excluding carboxylic acids is 1. The predicted octanol–water partition coefficient (Wildman–Crippen LogP) is 3.47. The minimum Gasteiger partial charge on any atom is -0.494 e. The Morgan fingerprint density at radius 1 is 1.34 bits per heavy atom. The molecular weight excluding hydrogens is 406 g/mol. The molecule has 164 valence electrons. The molecule has 4 heterocycles. The topological polar surface area (TPSA) is 105 Å². The maximum Gasteiger partial charge on any atom is 0.409 e. The van der Waals surface area contributed by atoms with Gasteiger partial charge in [-0.3, -0.25) is 9.88 Å². The van der Waals surface area contributed by atoms with Crippen LogP contribution >= 0.6 is 0 Å². The molecule has 0 bridgehead atoms. The molecule has 32 heavy (non-hydrogen) atoms. The molecular formula is C24H25N5O3. The molecule has 3 aromatic rings. The van der Waals surface area contributed by atoms with Crippen molar-refractivity contribution in [3.05, 3.63) is 47.7 Å². The fourth-order valence-corrected chi connectivity index (χ4v) is 5.02. The molecule has 5 rings (SSSR count). The first-order valence-corrected chi connectivity index (χ1v) is 10.9. The molecule has 2 saturated heterocycles. The number of aromatic nitrogens is 2. The molecule has 2 unspecified atom stereocenters. The first-order valence-electron chi connectivity index (χ1n) is 10.9. The first-order chi connectivity index (χ1) is 15.6. The van der Waals surface area contributed by atoms with Gasteiger partial charge in [-0.1, -0.05) is 6.07 Å². The molecule has 2 aliphatic rings. The predicted molar refractivity (Wildman–Crippen MR) is 119 cm³/mol. The van der Waals surface area contributed by atoms with Gasteiger partial charge >= 0.3 is 6.09 Å². The van der Waals surface area contributed by atoms with Crippen molar-refractivity contribution in [2.45, 2.75) is 25.9 Å². The Hall–Kier alpha value is -3.57. The van der Waals surface area contributed by atoms with Gasteiger partial charge in [-0.15, -0.1) is 0 Å². The molecule has 8 nitrogen and oxygen atoms in total. The number of H-pyrrole nitrogens is 1. The number of nitriles is 1. The molecule has 1 amide bonds. The van der Waals surface area contributed by atoms with Gasteiger partial charge in [0.25, 0.3) is 0 Å². The highest BCUT2D eigenvalue weighted by molar-refractivity contribution is 5.98. The summed E-state index contributed by atoms with van der Waals surface area (Å²) in [5, 5.41) is 20.4. The second-order valence-corrected chi connectivity index (χ2v) is 8.46. The Labute approximate surface area is 186 Å². The molecule has 2 fully saturated rings. The second-order valence-electron chi connectivity index (χ2n) is 8.46. The zero-order valence-electron chi connectivity index (χ0n) is 17.9. The highest BCUT2D eigenvalue weighted by Crippen LogP contribution is 2.36. The van der Waals surface area contributed by atoms with Crippen molar-refractivity contribution >= 4 is 17.0 Å². The third-order valence-corrected chi connectivity index (χ3v) is 6.56. The summed E-state index contributed by atoms with van der Waals surface area (Å²) < 4.78 is 5.17. The molecule has 2 atom stereocenters. The molecule has 0 aliphatic carbocycles. The molecule has 0 spiro atoms. The molecule has 1 aromatic carbocycles. The van der Waals surface area contributed by atoms with Crippen LogP contribution in [0.15, 0.2) is 36.5 Å². The number of benzene rings is 1. The lowest BCUT2D eigenvalue weighted by Crippen LogP contribution is -2.37. The van der Waals surface area contributed by atoms with Crippen LogP contribution in [0, 0.1) is 17.2 Å². The van der Waals surface area contributed by atoms with E-state index in [9.17, 15) is 15.2 Å². The average Bonchev–Trinajstić information content (AvgIpc) is 3.47. The van der Waals surface area contributed by atoms with Crippen molar-refractivity contribution < 1.29 is 14.6 Å². The number of hydrogen-bond acceptors (Lipinski definition) is 6. The number of amides is 1. The van der Waals surface area contributed by atoms with Crippen molar-refractivity contribution in [1.82, 2.24) is 19.8 Å². The summed E-state index contributed by atoms with van der Waals surface area (Å²) in [5.41, 5.74) is 3.64. The van der Waals surface area contributed by atoms with Gasteiger partial charge in [0.15, 0.2) is 5.88 Å². The number of rotatable bonds is 4. The normalized spacial score (nSPS) is 20.4. The number of hydrogen-bond donors (Lipinski definition) is 2. The zero-order chi connectivity index (χ0) is 22.2. The van der Waals surface area contributed by atoms with Gasteiger partial charge in [-0.25, -0.2) is 4.79 Å². The van der Waals surface area contributed by atoms with Crippen molar-refractivity contribution in [3.8, 4) is 23.2 Å².